The number of phenols is 1. The Morgan fingerprint density at radius 1 is 1.16 bits per heavy atom. The van der Waals surface area contributed by atoms with E-state index in [-0.39, 0.29) is 11.7 Å². The first-order valence-electron chi connectivity index (χ1n) is 8.20. The minimum Gasteiger partial charge on any atom is -0.508 e. The number of benzene rings is 2. The number of nitrogens with one attached hydrogen (secondary N) is 1. The zero-order chi connectivity index (χ0) is 17.3. The van der Waals surface area contributed by atoms with E-state index in [0.717, 1.165) is 5.56 Å². The van der Waals surface area contributed by atoms with Crippen molar-refractivity contribution in [3.05, 3.63) is 76.8 Å². The number of nitrogens with zero attached hydrogens (tertiary/aromatic N) is 1. The second-order valence-corrected chi connectivity index (χ2v) is 7.44. The van der Waals surface area contributed by atoms with Gasteiger partial charge in [0.05, 0.1) is 5.41 Å². The van der Waals surface area contributed by atoms with Crippen LogP contribution >= 0.6 is 11.3 Å². The molecule has 3 aromatic rings. The van der Waals surface area contributed by atoms with Gasteiger partial charge in [-0.15, -0.1) is 11.3 Å². The third-order valence-corrected chi connectivity index (χ3v) is 5.45. The standard InChI is InChI=1S/C20H18N2O2S/c23-17-7-3-4-14(10-17)11-20(18(24)22-19-21-8-9-25-19)12-15-5-1-2-6-16(15)13-20/h1-10,23H,11-13H2,(H,21,22,24). The van der Waals surface area contributed by atoms with Crippen LogP contribution in [0.3, 0.4) is 0 Å². The van der Waals surface area contributed by atoms with E-state index in [1.165, 1.54) is 22.5 Å². The lowest BCUT2D eigenvalue weighted by Crippen LogP contribution is -2.39. The van der Waals surface area contributed by atoms with Crippen LogP contribution in [0.25, 0.3) is 0 Å². The highest BCUT2D eigenvalue weighted by atomic mass is 32.1. The minimum absolute atomic E-state index is 0.0120. The van der Waals surface area contributed by atoms with Crippen LogP contribution in [0.2, 0.25) is 0 Å². The second kappa shape index (κ2) is 6.33. The Morgan fingerprint density at radius 3 is 2.56 bits per heavy atom. The maximum absolute atomic E-state index is 13.2. The van der Waals surface area contributed by atoms with E-state index in [0.29, 0.717) is 24.4 Å². The number of aromatic nitrogens is 1. The normalized spacial score (nSPS) is 14.9. The number of carbonyl (C=O) groups excluding carboxylic acids is 1. The third kappa shape index (κ3) is 3.15. The van der Waals surface area contributed by atoms with Crippen molar-refractivity contribution >= 4 is 22.4 Å². The minimum atomic E-state index is -0.566. The topological polar surface area (TPSA) is 62.2 Å². The van der Waals surface area contributed by atoms with Crippen LogP contribution in [-0.4, -0.2) is 16.0 Å². The van der Waals surface area contributed by atoms with E-state index in [1.807, 2.05) is 29.6 Å². The van der Waals surface area contributed by atoms with E-state index in [9.17, 15) is 9.90 Å². The highest BCUT2D eigenvalue weighted by Crippen LogP contribution is 2.41. The Hall–Kier alpha value is -2.66. The van der Waals surface area contributed by atoms with Crippen LogP contribution in [0, 0.1) is 5.41 Å². The summed E-state index contributed by atoms with van der Waals surface area (Å²) in [4.78, 5) is 17.4. The number of fused-ring (bicyclic) bond motifs is 1. The first-order chi connectivity index (χ1) is 12.1. The summed E-state index contributed by atoms with van der Waals surface area (Å²) < 4.78 is 0. The van der Waals surface area contributed by atoms with Crippen molar-refractivity contribution < 1.29 is 9.90 Å². The number of amides is 1. The molecule has 1 aromatic heterocycles. The van der Waals surface area contributed by atoms with E-state index >= 15 is 0 Å². The lowest BCUT2D eigenvalue weighted by atomic mass is 9.78. The second-order valence-electron chi connectivity index (χ2n) is 6.54. The van der Waals surface area contributed by atoms with Crippen molar-refractivity contribution in [3.8, 4) is 5.75 Å². The Labute approximate surface area is 150 Å². The Morgan fingerprint density at radius 2 is 1.92 bits per heavy atom. The van der Waals surface area contributed by atoms with Crippen molar-refractivity contribution in [1.82, 2.24) is 4.98 Å². The molecule has 0 aliphatic heterocycles. The SMILES string of the molecule is O=C(Nc1nccs1)C1(Cc2cccc(O)c2)Cc2ccccc2C1. The third-order valence-electron chi connectivity index (χ3n) is 4.76. The van der Waals surface area contributed by atoms with E-state index in [4.69, 9.17) is 0 Å². The first kappa shape index (κ1) is 15.8. The molecule has 126 valence electrons. The van der Waals surface area contributed by atoms with E-state index in [1.54, 1.807) is 18.3 Å². The molecule has 2 N–H and O–H groups in total. The van der Waals surface area contributed by atoms with Gasteiger partial charge in [0.15, 0.2) is 5.13 Å². The summed E-state index contributed by atoms with van der Waals surface area (Å²) in [6, 6.07) is 15.4. The number of aromatic hydroxyl groups is 1. The highest BCUT2D eigenvalue weighted by molar-refractivity contribution is 7.13. The molecular weight excluding hydrogens is 332 g/mol. The van der Waals surface area contributed by atoms with Crippen molar-refractivity contribution in [3.63, 3.8) is 0 Å². The molecule has 1 heterocycles. The van der Waals surface area contributed by atoms with Gasteiger partial charge >= 0.3 is 0 Å². The van der Waals surface area contributed by atoms with Crippen LogP contribution in [-0.2, 0) is 24.1 Å². The molecule has 4 nitrogen and oxygen atoms in total. The zero-order valence-electron chi connectivity index (χ0n) is 13.6. The number of phenolic OH excluding ortho intramolecular Hbond substituents is 1. The van der Waals surface area contributed by atoms with Gasteiger partial charge in [-0.3, -0.25) is 4.79 Å². The van der Waals surface area contributed by atoms with Gasteiger partial charge in [0.25, 0.3) is 0 Å². The molecule has 0 fully saturated rings. The predicted octanol–water partition coefficient (Wildman–Crippen LogP) is 3.82. The summed E-state index contributed by atoms with van der Waals surface area (Å²) >= 11 is 1.42. The maximum Gasteiger partial charge on any atom is 0.233 e. The van der Waals surface area contributed by atoms with Gasteiger partial charge in [0.2, 0.25) is 5.91 Å². The van der Waals surface area contributed by atoms with Gasteiger partial charge < -0.3 is 10.4 Å². The average Bonchev–Trinajstić information content (AvgIpc) is 3.22. The van der Waals surface area contributed by atoms with Crippen LogP contribution in [0.1, 0.15) is 16.7 Å². The van der Waals surface area contributed by atoms with E-state index < -0.39 is 5.41 Å². The average molecular weight is 350 g/mol. The molecule has 1 amide bonds. The monoisotopic (exact) mass is 350 g/mol. The molecule has 0 bridgehead atoms. The molecule has 1 aliphatic rings. The molecule has 1 aliphatic carbocycles. The molecular formula is C20H18N2O2S. The van der Waals surface area contributed by atoms with Crippen molar-refractivity contribution in [2.24, 2.45) is 5.41 Å². The van der Waals surface area contributed by atoms with Gasteiger partial charge in [-0.2, -0.15) is 0 Å². The smallest absolute Gasteiger partial charge is 0.233 e. The summed E-state index contributed by atoms with van der Waals surface area (Å²) in [6.45, 7) is 0. The number of anilines is 1. The van der Waals surface area contributed by atoms with Gasteiger partial charge in [-0.1, -0.05) is 36.4 Å². The van der Waals surface area contributed by atoms with Gasteiger partial charge in [0.1, 0.15) is 5.75 Å². The van der Waals surface area contributed by atoms with E-state index in [2.05, 4.69) is 22.4 Å². The van der Waals surface area contributed by atoms with Gasteiger partial charge in [0, 0.05) is 11.6 Å². The van der Waals surface area contributed by atoms with Crippen LogP contribution in [0.15, 0.2) is 60.1 Å². The van der Waals surface area contributed by atoms with Crippen molar-refractivity contribution in [2.45, 2.75) is 19.3 Å². The Bertz CT molecular complexity index is 881. The quantitative estimate of drug-likeness (QED) is 0.752. The number of rotatable bonds is 4. The lowest BCUT2D eigenvalue weighted by Gasteiger charge is -2.27. The molecule has 0 saturated carbocycles. The van der Waals surface area contributed by atoms with Gasteiger partial charge in [-0.25, -0.2) is 4.98 Å². The maximum atomic E-state index is 13.2. The molecule has 0 saturated heterocycles. The Balaban J connectivity index is 1.67. The fraction of sp³-hybridized carbons (Fsp3) is 0.200. The number of hydrogen-bond acceptors (Lipinski definition) is 4. The molecule has 0 atom stereocenters. The molecule has 2 aromatic carbocycles. The highest BCUT2D eigenvalue weighted by Gasteiger charge is 2.44. The van der Waals surface area contributed by atoms with Crippen molar-refractivity contribution in [2.75, 3.05) is 5.32 Å². The largest absolute Gasteiger partial charge is 0.508 e. The zero-order valence-corrected chi connectivity index (χ0v) is 14.4. The van der Waals surface area contributed by atoms with Crippen molar-refractivity contribution in [1.29, 1.82) is 0 Å². The summed E-state index contributed by atoms with van der Waals surface area (Å²) in [5.74, 6) is 0.213. The Kier molecular flexibility index (Phi) is 4.01. The van der Waals surface area contributed by atoms with Crippen LogP contribution in [0.5, 0.6) is 5.75 Å². The summed E-state index contributed by atoms with van der Waals surface area (Å²) in [5.41, 5.74) is 2.83. The molecule has 0 spiro atoms. The number of hydrogen-bond donors (Lipinski definition) is 2. The number of thiazole rings is 1. The molecule has 5 heteroatoms. The molecule has 4 rings (SSSR count). The summed E-state index contributed by atoms with van der Waals surface area (Å²) in [7, 11) is 0. The van der Waals surface area contributed by atoms with Crippen LogP contribution < -0.4 is 5.32 Å². The molecule has 25 heavy (non-hydrogen) atoms. The fourth-order valence-corrected chi connectivity index (χ4v) is 4.16. The van der Waals surface area contributed by atoms with Crippen LogP contribution in [0.4, 0.5) is 5.13 Å². The fourth-order valence-electron chi connectivity index (χ4n) is 3.63. The lowest BCUT2D eigenvalue weighted by molar-refractivity contribution is -0.125. The first-order valence-corrected chi connectivity index (χ1v) is 9.08. The number of carbonyl (C=O) groups is 1. The van der Waals surface area contributed by atoms with Gasteiger partial charge in [-0.05, 0) is 48.1 Å². The molecule has 0 unspecified atom stereocenters. The predicted molar refractivity (Wildman–Crippen MR) is 98.8 cm³/mol. The molecule has 0 radical (unpaired) electrons. The summed E-state index contributed by atoms with van der Waals surface area (Å²) in [5, 5.41) is 15.2. The summed E-state index contributed by atoms with van der Waals surface area (Å²) in [6.07, 6.45) is 3.64.